The first-order chi connectivity index (χ1) is 8.52. The molecule has 0 unspecified atom stereocenters. The maximum Gasteiger partial charge on any atom is 0.0220 e. The molecule has 0 aliphatic heterocycles. The van der Waals surface area contributed by atoms with Crippen molar-refractivity contribution in [3.8, 4) is 0 Å². The number of nitrogens with one attached hydrogen (secondary N) is 1. The van der Waals surface area contributed by atoms with E-state index in [2.05, 4.69) is 72.0 Å². The van der Waals surface area contributed by atoms with Crippen molar-refractivity contribution in [1.82, 2.24) is 10.2 Å². The molecular weight excluding hydrogens is 288 g/mol. The molecule has 1 rings (SSSR count). The molecule has 1 aromatic carbocycles. The second-order valence-electron chi connectivity index (χ2n) is 5.19. The zero-order chi connectivity index (χ0) is 13.5. The van der Waals surface area contributed by atoms with Crippen LogP contribution in [0.15, 0.2) is 28.7 Å². The Hall–Kier alpha value is -0.380. The molecule has 0 aliphatic carbocycles. The third-order valence-corrected chi connectivity index (χ3v) is 3.92. The van der Waals surface area contributed by atoms with Gasteiger partial charge in [-0.2, -0.15) is 0 Å². The normalized spacial score (nSPS) is 11.8. The van der Waals surface area contributed by atoms with Gasteiger partial charge in [-0.05, 0) is 39.3 Å². The summed E-state index contributed by atoms with van der Waals surface area (Å²) in [7, 11) is 0. The van der Waals surface area contributed by atoms with E-state index in [1.165, 1.54) is 10.0 Å². The highest BCUT2D eigenvalue weighted by molar-refractivity contribution is 9.10. The lowest BCUT2D eigenvalue weighted by Gasteiger charge is -2.30. The molecule has 0 bridgehead atoms. The molecule has 2 nitrogen and oxygen atoms in total. The quantitative estimate of drug-likeness (QED) is 0.773. The standard InChI is InChI=1S/C15H25BrN2/c1-12(2)18(13(3)4)10-9-17-11-14-7-5-6-8-15(14)16/h5-8,12-13,17H,9-11H2,1-4H3. The van der Waals surface area contributed by atoms with E-state index in [0.29, 0.717) is 12.1 Å². The molecule has 102 valence electrons. The topological polar surface area (TPSA) is 15.3 Å². The molecule has 0 atom stereocenters. The molecule has 0 fully saturated rings. The average molecular weight is 313 g/mol. The van der Waals surface area contributed by atoms with Gasteiger partial charge in [0.05, 0.1) is 0 Å². The van der Waals surface area contributed by atoms with Crippen LogP contribution in [0.5, 0.6) is 0 Å². The molecule has 1 aromatic rings. The van der Waals surface area contributed by atoms with Crippen molar-refractivity contribution in [2.24, 2.45) is 0 Å². The average Bonchev–Trinajstić information content (AvgIpc) is 2.30. The Labute approximate surface area is 120 Å². The molecule has 0 spiro atoms. The number of hydrogen-bond acceptors (Lipinski definition) is 2. The largest absolute Gasteiger partial charge is 0.311 e. The zero-order valence-electron chi connectivity index (χ0n) is 11.9. The van der Waals surface area contributed by atoms with Crippen molar-refractivity contribution in [2.45, 2.75) is 46.3 Å². The molecule has 0 saturated heterocycles. The summed E-state index contributed by atoms with van der Waals surface area (Å²) < 4.78 is 1.18. The van der Waals surface area contributed by atoms with Crippen molar-refractivity contribution < 1.29 is 0 Å². The Morgan fingerprint density at radius 3 is 2.28 bits per heavy atom. The van der Waals surface area contributed by atoms with Gasteiger partial charge in [-0.1, -0.05) is 34.1 Å². The lowest BCUT2D eigenvalue weighted by atomic mass is 10.2. The fourth-order valence-corrected chi connectivity index (χ4v) is 2.61. The van der Waals surface area contributed by atoms with E-state index in [4.69, 9.17) is 0 Å². The third-order valence-electron chi connectivity index (χ3n) is 3.15. The Morgan fingerprint density at radius 2 is 1.72 bits per heavy atom. The van der Waals surface area contributed by atoms with Gasteiger partial charge in [0.25, 0.3) is 0 Å². The Balaban J connectivity index is 2.32. The Bertz CT molecular complexity index is 342. The smallest absolute Gasteiger partial charge is 0.0220 e. The second kappa shape index (κ2) is 7.93. The van der Waals surface area contributed by atoms with Crippen molar-refractivity contribution in [3.05, 3.63) is 34.3 Å². The Morgan fingerprint density at radius 1 is 1.11 bits per heavy atom. The molecule has 0 aromatic heterocycles. The van der Waals surface area contributed by atoms with Gasteiger partial charge in [0.2, 0.25) is 0 Å². The minimum atomic E-state index is 0.607. The first-order valence-corrected chi connectivity index (χ1v) is 7.51. The van der Waals surface area contributed by atoms with Crippen LogP contribution in [-0.2, 0) is 6.54 Å². The van der Waals surface area contributed by atoms with Crippen LogP contribution in [0.4, 0.5) is 0 Å². The minimum absolute atomic E-state index is 0.607. The van der Waals surface area contributed by atoms with Gasteiger partial charge < -0.3 is 5.32 Å². The summed E-state index contributed by atoms with van der Waals surface area (Å²) in [6.07, 6.45) is 0. The van der Waals surface area contributed by atoms with Crippen molar-refractivity contribution >= 4 is 15.9 Å². The van der Waals surface area contributed by atoms with E-state index in [-0.39, 0.29) is 0 Å². The van der Waals surface area contributed by atoms with Gasteiger partial charge in [-0.3, -0.25) is 4.90 Å². The van der Waals surface area contributed by atoms with Gasteiger partial charge in [0.15, 0.2) is 0 Å². The van der Waals surface area contributed by atoms with Crippen molar-refractivity contribution in [1.29, 1.82) is 0 Å². The second-order valence-corrected chi connectivity index (χ2v) is 6.05. The zero-order valence-corrected chi connectivity index (χ0v) is 13.5. The predicted molar refractivity (Wildman–Crippen MR) is 82.8 cm³/mol. The first kappa shape index (κ1) is 15.7. The van der Waals surface area contributed by atoms with Crippen molar-refractivity contribution in [3.63, 3.8) is 0 Å². The monoisotopic (exact) mass is 312 g/mol. The molecule has 0 radical (unpaired) electrons. The molecule has 0 heterocycles. The van der Waals surface area contributed by atoms with Gasteiger partial charge in [0.1, 0.15) is 0 Å². The number of hydrogen-bond donors (Lipinski definition) is 1. The Kier molecular flexibility index (Phi) is 6.90. The SMILES string of the molecule is CC(C)N(CCNCc1ccccc1Br)C(C)C. The van der Waals surface area contributed by atoms with E-state index in [1.807, 2.05) is 6.07 Å². The number of nitrogens with zero attached hydrogens (tertiary/aromatic N) is 1. The van der Waals surface area contributed by atoms with Crippen LogP contribution in [0.3, 0.4) is 0 Å². The number of halogens is 1. The molecule has 0 amide bonds. The van der Waals surface area contributed by atoms with E-state index in [1.54, 1.807) is 0 Å². The first-order valence-electron chi connectivity index (χ1n) is 6.72. The molecule has 0 aliphatic rings. The summed E-state index contributed by atoms with van der Waals surface area (Å²) >= 11 is 3.57. The van der Waals surface area contributed by atoms with Crippen LogP contribution in [0, 0.1) is 0 Å². The van der Waals surface area contributed by atoms with Gasteiger partial charge in [0, 0.05) is 36.2 Å². The molecule has 3 heteroatoms. The van der Waals surface area contributed by atoms with Crippen LogP contribution in [0.25, 0.3) is 0 Å². The van der Waals surface area contributed by atoms with Crippen LogP contribution < -0.4 is 5.32 Å². The summed E-state index contributed by atoms with van der Waals surface area (Å²) in [6, 6.07) is 9.58. The van der Waals surface area contributed by atoms with E-state index in [9.17, 15) is 0 Å². The van der Waals surface area contributed by atoms with E-state index < -0.39 is 0 Å². The van der Waals surface area contributed by atoms with E-state index >= 15 is 0 Å². The van der Waals surface area contributed by atoms with Gasteiger partial charge in [-0.15, -0.1) is 0 Å². The lowest BCUT2D eigenvalue weighted by Crippen LogP contribution is -2.41. The summed E-state index contributed by atoms with van der Waals surface area (Å²) in [5, 5.41) is 3.51. The highest BCUT2D eigenvalue weighted by Crippen LogP contribution is 2.15. The highest BCUT2D eigenvalue weighted by Gasteiger charge is 2.12. The maximum absolute atomic E-state index is 3.57. The van der Waals surface area contributed by atoms with Crippen LogP contribution in [-0.4, -0.2) is 30.1 Å². The molecule has 18 heavy (non-hydrogen) atoms. The van der Waals surface area contributed by atoms with Crippen LogP contribution in [0.2, 0.25) is 0 Å². The summed E-state index contributed by atoms with van der Waals surface area (Å²) in [6.45, 7) is 12.1. The third kappa shape index (κ3) is 5.09. The molecule has 1 N–H and O–H groups in total. The van der Waals surface area contributed by atoms with E-state index in [0.717, 1.165) is 19.6 Å². The van der Waals surface area contributed by atoms with Crippen LogP contribution in [0.1, 0.15) is 33.3 Å². The lowest BCUT2D eigenvalue weighted by molar-refractivity contribution is 0.176. The number of rotatable bonds is 7. The fourth-order valence-electron chi connectivity index (χ4n) is 2.19. The summed E-state index contributed by atoms with van der Waals surface area (Å²) in [5.41, 5.74) is 1.32. The van der Waals surface area contributed by atoms with Gasteiger partial charge in [-0.25, -0.2) is 0 Å². The molecule has 0 saturated carbocycles. The summed E-state index contributed by atoms with van der Waals surface area (Å²) in [4.78, 5) is 2.51. The highest BCUT2D eigenvalue weighted by atomic mass is 79.9. The van der Waals surface area contributed by atoms with Gasteiger partial charge >= 0.3 is 0 Å². The number of benzene rings is 1. The predicted octanol–water partition coefficient (Wildman–Crippen LogP) is 3.66. The maximum atomic E-state index is 3.57. The summed E-state index contributed by atoms with van der Waals surface area (Å²) in [5.74, 6) is 0. The minimum Gasteiger partial charge on any atom is -0.311 e. The van der Waals surface area contributed by atoms with Crippen molar-refractivity contribution in [2.75, 3.05) is 13.1 Å². The molecular formula is C15H25BrN2. The fraction of sp³-hybridized carbons (Fsp3) is 0.600. The van der Waals surface area contributed by atoms with Crippen LogP contribution >= 0.6 is 15.9 Å².